The molecule has 1 N–H and O–H groups in total. The van der Waals surface area contributed by atoms with Crippen molar-refractivity contribution in [1.29, 1.82) is 0 Å². The van der Waals surface area contributed by atoms with Crippen LogP contribution in [0, 0.1) is 0 Å². The van der Waals surface area contributed by atoms with Gasteiger partial charge in [0.25, 0.3) is 0 Å². The number of halogens is 3. The molecule has 0 saturated carbocycles. The molecule has 1 saturated heterocycles. The summed E-state index contributed by atoms with van der Waals surface area (Å²) >= 11 is 0. The highest BCUT2D eigenvalue weighted by molar-refractivity contribution is 5.91. The van der Waals surface area contributed by atoms with Gasteiger partial charge in [-0.3, -0.25) is 4.79 Å². The molecule has 1 aromatic carbocycles. The highest BCUT2D eigenvalue weighted by Gasteiger charge is 2.33. The lowest BCUT2D eigenvalue weighted by atomic mass is 10.1. The van der Waals surface area contributed by atoms with Crippen LogP contribution in [0.15, 0.2) is 24.3 Å². The summed E-state index contributed by atoms with van der Waals surface area (Å²) in [6, 6.07) is 4.94. The molecule has 0 spiro atoms. The Morgan fingerprint density at radius 3 is 2.74 bits per heavy atom. The maximum Gasteiger partial charge on any atom is 0.418 e. The summed E-state index contributed by atoms with van der Waals surface area (Å²) in [5.41, 5.74) is -1.05. The zero-order valence-corrected chi connectivity index (χ0v) is 10.2. The normalized spacial score (nSPS) is 19.4. The number of amides is 1. The maximum absolute atomic E-state index is 12.7. The van der Waals surface area contributed by atoms with E-state index in [0.29, 0.717) is 6.61 Å². The first-order valence-corrected chi connectivity index (χ1v) is 6.04. The van der Waals surface area contributed by atoms with Gasteiger partial charge in [0.1, 0.15) is 0 Å². The molecular weight excluding hydrogens is 259 g/mol. The van der Waals surface area contributed by atoms with Gasteiger partial charge in [-0.1, -0.05) is 12.1 Å². The minimum absolute atomic E-state index is 0.0895. The molecule has 1 atom stereocenters. The molecule has 104 valence electrons. The monoisotopic (exact) mass is 273 g/mol. The Morgan fingerprint density at radius 2 is 2.11 bits per heavy atom. The molecule has 1 unspecified atom stereocenters. The van der Waals surface area contributed by atoms with Crippen LogP contribution < -0.4 is 5.32 Å². The standard InChI is InChI=1S/C13H14F3NO2/c14-13(15,16)10-5-1-2-6-11(10)17-12(18)8-9-4-3-7-19-9/h1-2,5-6,9H,3-4,7-8H2,(H,17,18). The zero-order valence-electron chi connectivity index (χ0n) is 10.2. The lowest BCUT2D eigenvalue weighted by Crippen LogP contribution is -2.21. The first kappa shape index (κ1) is 13.9. The molecular formula is C13H14F3NO2. The largest absolute Gasteiger partial charge is 0.418 e. The minimum atomic E-state index is -4.48. The number of carbonyl (C=O) groups excluding carboxylic acids is 1. The average molecular weight is 273 g/mol. The number of nitrogens with one attached hydrogen (secondary N) is 1. The third-order valence-electron chi connectivity index (χ3n) is 2.94. The lowest BCUT2D eigenvalue weighted by molar-refractivity contribution is -0.137. The first-order chi connectivity index (χ1) is 8.97. The summed E-state index contributed by atoms with van der Waals surface area (Å²) in [6.45, 7) is 0.608. The number of hydrogen-bond donors (Lipinski definition) is 1. The Balaban J connectivity index is 2.04. The van der Waals surface area contributed by atoms with Crippen LogP contribution in [0.1, 0.15) is 24.8 Å². The van der Waals surface area contributed by atoms with Crippen LogP contribution in [-0.2, 0) is 15.7 Å². The topological polar surface area (TPSA) is 38.3 Å². The highest BCUT2D eigenvalue weighted by atomic mass is 19.4. The number of carbonyl (C=O) groups is 1. The van der Waals surface area contributed by atoms with Crippen LogP contribution >= 0.6 is 0 Å². The molecule has 1 heterocycles. The van der Waals surface area contributed by atoms with Crippen molar-refractivity contribution in [2.24, 2.45) is 0 Å². The second kappa shape index (κ2) is 5.61. The molecule has 3 nitrogen and oxygen atoms in total. The molecule has 1 aliphatic rings. The predicted octanol–water partition coefficient (Wildman–Crippen LogP) is 3.21. The van der Waals surface area contributed by atoms with Gasteiger partial charge in [0.15, 0.2) is 0 Å². The van der Waals surface area contributed by atoms with Gasteiger partial charge in [-0.2, -0.15) is 13.2 Å². The minimum Gasteiger partial charge on any atom is -0.378 e. The fourth-order valence-electron chi connectivity index (χ4n) is 2.05. The summed E-state index contributed by atoms with van der Waals surface area (Å²) in [7, 11) is 0. The molecule has 0 aromatic heterocycles. The number of ether oxygens (including phenoxy) is 1. The van der Waals surface area contributed by atoms with Crippen LogP contribution in [0.3, 0.4) is 0 Å². The highest BCUT2D eigenvalue weighted by Crippen LogP contribution is 2.34. The molecule has 0 bridgehead atoms. The van der Waals surface area contributed by atoms with E-state index >= 15 is 0 Å². The van der Waals surface area contributed by atoms with Crippen molar-refractivity contribution < 1.29 is 22.7 Å². The van der Waals surface area contributed by atoms with Crippen LogP contribution in [0.4, 0.5) is 18.9 Å². The van der Waals surface area contributed by atoms with Crippen molar-refractivity contribution in [2.45, 2.75) is 31.5 Å². The van der Waals surface area contributed by atoms with E-state index in [9.17, 15) is 18.0 Å². The van der Waals surface area contributed by atoms with Gasteiger partial charge >= 0.3 is 6.18 Å². The van der Waals surface area contributed by atoms with E-state index in [1.165, 1.54) is 18.2 Å². The second-order valence-corrected chi connectivity index (χ2v) is 4.43. The fraction of sp³-hybridized carbons (Fsp3) is 0.462. The molecule has 1 amide bonds. The van der Waals surface area contributed by atoms with Crippen molar-refractivity contribution in [1.82, 2.24) is 0 Å². The zero-order chi connectivity index (χ0) is 13.9. The van der Waals surface area contributed by atoms with E-state index in [-0.39, 0.29) is 18.2 Å². The Bertz CT molecular complexity index is 453. The van der Waals surface area contributed by atoms with Crippen molar-refractivity contribution in [3.63, 3.8) is 0 Å². The van der Waals surface area contributed by atoms with E-state index in [0.717, 1.165) is 18.9 Å². The van der Waals surface area contributed by atoms with E-state index in [2.05, 4.69) is 5.32 Å². The van der Waals surface area contributed by atoms with Gasteiger partial charge in [-0.15, -0.1) is 0 Å². The molecule has 6 heteroatoms. The van der Waals surface area contributed by atoms with Crippen LogP contribution in [0.5, 0.6) is 0 Å². The lowest BCUT2D eigenvalue weighted by Gasteiger charge is -2.14. The van der Waals surface area contributed by atoms with Crippen molar-refractivity contribution in [3.8, 4) is 0 Å². The summed E-state index contributed by atoms with van der Waals surface area (Å²) in [5, 5.41) is 2.31. The van der Waals surface area contributed by atoms with Crippen LogP contribution in [0.25, 0.3) is 0 Å². The van der Waals surface area contributed by atoms with Crippen LogP contribution in [-0.4, -0.2) is 18.6 Å². The van der Waals surface area contributed by atoms with Gasteiger partial charge in [-0.25, -0.2) is 0 Å². The molecule has 2 rings (SSSR count). The Morgan fingerprint density at radius 1 is 1.37 bits per heavy atom. The SMILES string of the molecule is O=C(CC1CCCO1)Nc1ccccc1C(F)(F)F. The summed E-state index contributed by atoms with van der Waals surface area (Å²) in [5.74, 6) is -0.455. The Kier molecular flexibility index (Phi) is 4.09. The summed E-state index contributed by atoms with van der Waals surface area (Å²) < 4.78 is 43.5. The third kappa shape index (κ3) is 3.70. The second-order valence-electron chi connectivity index (χ2n) is 4.43. The third-order valence-corrected chi connectivity index (χ3v) is 2.94. The van der Waals surface area contributed by atoms with Crippen LogP contribution in [0.2, 0.25) is 0 Å². The van der Waals surface area contributed by atoms with E-state index in [1.54, 1.807) is 0 Å². The van der Waals surface area contributed by atoms with E-state index in [4.69, 9.17) is 4.74 Å². The number of alkyl halides is 3. The molecule has 1 fully saturated rings. The van der Waals surface area contributed by atoms with Gasteiger partial charge < -0.3 is 10.1 Å². The van der Waals surface area contributed by atoms with Crippen molar-refractivity contribution in [3.05, 3.63) is 29.8 Å². The van der Waals surface area contributed by atoms with Gasteiger partial charge in [0.2, 0.25) is 5.91 Å². The first-order valence-electron chi connectivity index (χ1n) is 6.04. The number of rotatable bonds is 3. The van der Waals surface area contributed by atoms with Gasteiger partial charge in [-0.05, 0) is 25.0 Å². The van der Waals surface area contributed by atoms with Gasteiger partial charge in [0.05, 0.1) is 23.8 Å². The summed E-state index contributed by atoms with van der Waals surface area (Å²) in [4.78, 5) is 11.7. The Labute approximate surface area is 108 Å². The number of hydrogen-bond acceptors (Lipinski definition) is 2. The Hall–Kier alpha value is -1.56. The van der Waals surface area contributed by atoms with Gasteiger partial charge in [0, 0.05) is 6.61 Å². The quantitative estimate of drug-likeness (QED) is 0.918. The molecule has 19 heavy (non-hydrogen) atoms. The van der Waals surface area contributed by atoms with Crippen molar-refractivity contribution >= 4 is 11.6 Å². The smallest absolute Gasteiger partial charge is 0.378 e. The summed E-state index contributed by atoms with van der Waals surface area (Å²) in [6.07, 6.45) is -2.91. The maximum atomic E-state index is 12.7. The van der Waals surface area contributed by atoms with E-state index < -0.39 is 17.6 Å². The molecule has 1 aromatic rings. The molecule has 0 radical (unpaired) electrons. The van der Waals surface area contributed by atoms with E-state index in [1.807, 2.05) is 0 Å². The predicted molar refractivity (Wildman–Crippen MR) is 63.7 cm³/mol. The average Bonchev–Trinajstić information content (AvgIpc) is 2.81. The van der Waals surface area contributed by atoms with Crippen molar-refractivity contribution in [2.75, 3.05) is 11.9 Å². The molecule has 1 aliphatic heterocycles. The number of anilines is 1. The fourth-order valence-corrected chi connectivity index (χ4v) is 2.05. The number of para-hydroxylation sites is 1. The number of benzene rings is 1. The molecule has 0 aliphatic carbocycles.